The number of hydrogen-bond acceptors (Lipinski definition) is 4. The average molecular weight is 219 g/mol. The highest BCUT2D eigenvalue weighted by Gasteiger charge is 2.00. The van der Waals surface area contributed by atoms with E-state index in [0.717, 1.165) is 19.6 Å². The standard InChI is InChI=1S/C12H17N3O/c1-3-15(4-2)7-8-16-12-6-5-11(9-13)14-10-12/h5-6,10H,3-4,7-8H2,1-2H3. The van der Waals surface area contributed by atoms with Crippen LogP contribution in [-0.4, -0.2) is 36.1 Å². The fraction of sp³-hybridized carbons (Fsp3) is 0.500. The summed E-state index contributed by atoms with van der Waals surface area (Å²) in [6.45, 7) is 7.89. The Morgan fingerprint density at radius 3 is 2.62 bits per heavy atom. The smallest absolute Gasteiger partial charge is 0.140 e. The molecule has 16 heavy (non-hydrogen) atoms. The molecular formula is C12H17N3O. The highest BCUT2D eigenvalue weighted by molar-refractivity contribution is 5.26. The first-order valence-electron chi connectivity index (χ1n) is 5.51. The minimum absolute atomic E-state index is 0.413. The van der Waals surface area contributed by atoms with Crippen molar-refractivity contribution in [1.82, 2.24) is 9.88 Å². The number of likely N-dealkylation sites (N-methyl/N-ethyl adjacent to an activating group) is 1. The Morgan fingerprint density at radius 2 is 2.12 bits per heavy atom. The Balaban J connectivity index is 2.34. The summed E-state index contributed by atoms with van der Waals surface area (Å²) in [7, 11) is 0. The summed E-state index contributed by atoms with van der Waals surface area (Å²) in [4.78, 5) is 6.22. The van der Waals surface area contributed by atoms with Crippen LogP contribution >= 0.6 is 0 Å². The molecule has 1 aromatic heterocycles. The minimum Gasteiger partial charge on any atom is -0.491 e. The van der Waals surface area contributed by atoms with Gasteiger partial charge in [0.1, 0.15) is 24.1 Å². The molecule has 1 aromatic rings. The van der Waals surface area contributed by atoms with Crippen LogP contribution in [0.2, 0.25) is 0 Å². The molecule has 0 unspecified atom stereocenters. The van der Waals surface area contributed by atoms with Crippen LogP contribution < -0.4 is 4.74 Å². The van der Waals surface area contributed by atoms with E-state index in [2.05, 4.69) is 23.7 Å². The van der Waals surface area contributed by atoms with E-state index in [1.54, 1.807) is 18.3 Å². The number of ether oxygens (including phenoxy) is 1. The average Bonchev–Trinajstić information content (AvgIpc) is 2.35. The molecule has 86 valence electrons. The Morgan fingerprint density at radius 1 is 1.38 bits per heavy atom. The van der Waals surface area contributed by atoms with E-state index in [4.69, 9.17) is 10.00 Å². The molecule has 4 nitrogen and oxygen atoms in total. The van der Waals surface area contributed by atoms with Crippen molar-refractivity contribution in [3.8, 4) is 11.8 Å². The molecule has 4 heteroatoms. The molecule has 0 radical (unpaired) electrons. The summed E-state index contributed by atoms with van der Waals surface area (Å²) >= 11 is 0. The van der Waals surface area contributed by atoms with Crippen LogP contribution in [0.1, 0.15) is 19.5 Å². The Bertz CT molecular complexity index is 338. The number of hydrogen-bond donors (Lipinski definition) is 0. The maximum absolute atomic E-state index is 8.58. The van der Waals surface area contributed by atoms with E-state index in [0.29, 0.717) is 18.1 Å². The van der Waals surface area contributed by atoms with E-state index < -0.39 is 0 Å². The molecule has 0 atom stereocenters. The lowest BCUT2D eigenvalue weighted by Gasteiger charge is -2.17. The lowest BCUT2D eigenvalue weighted by molar-refractivity contribution is 0.222. The first kappa shape index (κ1) is 12.5. The third-order valence-electron chi connectivity index (χ3n) is 2.42. The van der Waals surface area contributed by atoms with Gasteiger partial charge < -0.3 is 9.64 Å². The van der Waals surface area contributed by atoms with Gasteiger partial charge in [-0.05, 0) is 25.2 Å². The van der Waals surface area contributed by atoms with E-state index >= 15 is 0 Å². The molecule has 0 aliphatic rings. The zero-order chi connectivity index (χ0) is 11.8. The van der Waals surface area contributed by atoms with Gasteiger partial charge in [0.15, 0.2) is 0 Å². The molecular weight excluding hydrogens is 202 g/mol. The molecule has 0 saturated heterocycles. The van der Waals surface area contributed by atoms with Crippen LogP contribution in [0.4, 0.5) is 0 Å². The van der Waals surface area contributed by atoms with E-state index in [9.17, 15) is 0 Å². The lowest BCUT2D eigenvalue weighted by atomic mass is 10.4. The molecule has 0 amide bonds. The predicted molar refractivity (Wildman–Crippen MR) is 62.2 cm³/mol. The van der Waals surface area contributed by atoms with Crippen LogP contribution in [0.25, 0.3) is 0 Å². The van der Waals surface area contributed by atoms with Crippen molar-refractivity contribution in [2.24, 2.45) is 0 Å². The highest BCUT2D eigenvalue weighted by atomic mass is 16.5. The van der Waals surface area contributed by atoms with Crippen molar-refractivity contribution in [2.75, 3.05) is 26.2 Å². The summed E-state index contributed by atoms with van der Waals surface area (Å²) in [6, 6.07) is 5.40. The summed E-state index contributed by atoms with van der Waals surface area (Å²) in [5, 5.41) is 8.58. The minimum atomic E-state index is 0.413. The van der Waals surface area contributed by atoms with E-state index in [1.165, 1.54) is 0 Å². The van der Waals surface area contributed by atoms with Crippen molar-refractivity contribution in [2.45, 2.75) is 13.8 Å². The van der Waals surface area contributed by atoms with Gasteiger partial charge in [-0.15, -0.1) is 0 Å². The van der Waals surface area contributed by atoms with Gasteiger partial charge in [-0.1, -0.05) is 13.8 Å². The van der Waals surface area contributed by atoms with Crippen LogP contribution in [0.5, 0.6) is 5.75 Å². The number of pyridine rings is 1. The van der Waals surface area contributed by atoms with Crippen molar-refractivity contribution >= 4 is 0 Å². The van der Waals surface area contributed by atoms with Crippen LogP contribution in [-0.2, 0) is 0 Å². The van der Waals surface area contributed by atoms with Crippen molar-refractivity contribution in [1.29, 1.82) is 5.26 Å². The number of aromatic nitrogens is 1. The number of nitrogens with zero attached hydrogens (tertiary/aromatic N) is 3. The van der Waals surface area contributed by atoms with Crippen molar-refractivity contribution in [3.63, 3.8) is 0 Å². The van der Waals surface area contributed by atoms with Gasteiger partial charge >= 0.3 is 0 Å². The fourth-order valence-corrected chi connectivity index (χ4v) is 1.36. The molecule has 1 rings (SSSR count). The SMILES string of the molecule is CCN(CC)CCOc1ccc(C#N)nc1. The maximum Gasteiger partial charge on any atom is 0.140 e. The van der Waals surface area contributed by atoms with Crippen LogP contribution in [0, 0.1) is 11.3 Å². The van der Waals surface area contributed by atoms with Gasteiger partial charge in [-0.3, -0.25) is 0 Å². The first-order valence-corrected chi connectivity index (χ1v) is 5.51. The van der Waals surface area contributed by atoms with Crippen LogP contribution in [0.3, 0.4) is 0 Å². The second-order valence-corrected chi connectivity index (χ2v) is 3.37. The van der Waals surface area contributed by atoms with Gasteiger partial charge in [-0.25, -0.2) is 4.98 Å². The summed E-state index contributed by atoms with van der Waals surface area (Å²) in [5.41, 5.74) is 0.413. The molecule has 0 aliphatic carbocycles. The summed E-state index contributed by atoms with van der Waals surface area (Å²) < 4.78 is 5.53. The van der Waals surface area contributed by atoms with Gasteiger partial charge in [0.25, 0.3) is 0 Å². The maximum atomic E-state index is 8.58. The molecule has 0 aromatic carbocycles. The van der Waals surface area contributed by atoms with Gasteiger partial charge in [-0.2, -0.15) is 5.26 Å². The quantitative estimate of drug-likeness (QED) is 0.730. The van der Waals surface area contributed by atoms with Crippen molar-refractivity contribution in [3.05, 3.63) is 24.0 Å². The van der Waals surface area contributed by atoms with Crippen molar-refractivity contribution < 1.29 is 4.74 Å². The number of rotatable bonds is 6. The highest BCUT2D eigenvalue weighted by Crippen LogP contribution is 2.08. The molecule has 0 saturated carbocycles. The third kappa shape index (κ3) is 3.87. The fourth-order valence-electron chi connectivity index (χ4n) is 1.36. The second kappa shape index (κ2) is 6.81. The van der Waals surface area contributed by atoms with E-state index in [1.807, 2.05) is 6.07 Å². The topological polar surface area (TPSA) is 49.1 Å². The zero-order valence-electron chi connectivity index (χ0n) is 9.81. The normalized spacial score (nSPS) is 10.1. The molecule has 0 aliphatic heterocycles. The largest absolute Gasteiger partial charge is 0.491 e. The molecule has 0 spiro atoms. The zero-order valence-corrected chi connectivity index (χ0v) is 9.81. The Hall–Kier alpha value is -1.60. The van der Waals surface area contributed by atoms with Gasteiger partial charge in [0.05, 0.1) is 6.20 Å². The number of nitriles is 1. The molecule has 1 heterocycles. The Labute approximate surface area is 96.5 Å². The van der Waals surface area contributed by atoms with Gasteiger partial charge in [0.2, 0.25) is 0 Å². The lowest BCUT2D eigenvalue weighted by Crippen LogP contribution is -2.27. The Kier molecular flexibility index (Phi) is 5.30. The molecule has 0 fully saturated rings. The van der Waals surface area contributed by atoms with Crippen LogP contribution in [0.15, 0.2) is 18.3 Å². The second-order valence-electron chi connectivity index (χ2n) is 3.37. The van der Waals surface area contributed by atoms with Gasteiger partial charge in [0, 0.05) is 6.54 Å². The monoisotopic (exact) mass is 219 g/mol. The molecule has 0 N–H and O–H groups in total. The third-order valence-corrected chi connectivity index (χ3v) is 2.42. The summed E-state index contributed by atoms with van der Waals surface area (Å²) in [5.74, 6) is 0.714. The molecule has 0 bridgehead atoms. The predicted octanol–water partition coefficient (Wildman–Crippen LogP) is 1.67. The summed E-state index contributed by atoms with van der Waals surface area (Å²) in [6.07, 6.45) is 1.58. The van der Waals surface area contributed by atoms with E-state index in [-0.39, 0.29) is 0 Å². The first-order chi connectivity index (χ1) is 7.80.